The van der Waals surface area contributed by atoms with Gasteiger partial charge < -0.3 is 5.32 Å². The normalized spacial score (nSPS) is 19.7. The molecule has 0 saturated heterocycles. The van der Waals surface area contributed by atoms with Crippen LogP contribution in [-0.4, -0.2) is 11.8 Å². The summed E-state index contributed by atoms with van der Waals surface area (Å²) >= 11 is 1.96. The number of rotatable bonds is 0. The summed E-state index contributed by atoms with van der Waals surface area (Å²) in [5, 5.41) is 6.86. The van der Waals surface area contributed by atoms with Gasteiger partial charge in [0.15, 0.2) is 0 Å². The van der Waals surface area contributed by atoms with Gasteiger partial charge in [0.2, 0.25) is 0 Å². The summed E-state index contributed by atoms with van der Waals surface area (Å²) in [5.74, 6) is 0. The van der Waals surface area contributed by atoms with Crippen molar-refractivity contribution in [2.24, 2.45) is 0 Å². The van der Waals surface area contributed by atoms with Crippen molar-refractivity contribution in [2.45, 2.75) is 17.1 Å². The second kappa shape index (κ2) is 3.46. The van der Waals surface area contributed by atoms with E-state index in [-0.39, 0.29) is 0 Å². The van der Waals surface area contributed by atoms with Gasteiger partial charge in [-0.25, -0.2) is 0 Å². The molecule has 2 heteroatoms. The molecule has 1 nitrogen and oxygen atoms in total. The first-order valence-corrected chi connectivity index (χ1v) is 6.15. The van der Waals surface area contributed by atoms with E-state index < -0.39 is 0 Å². The molecule has 0 spiro atoms. The summed E-state index contributed by atoms with van der Waals surface area (Å²) in [6.45, 7) is 3.32. The van der Waals surface area contributed by atoms with E-state index >= 15 is 0 Å². The molecule has 1 N–H and O–H groups in total. The zero-order valence-corrected chi connectivity index (χ0v) is 9.47. The summed E-state index contributed by atoms with van der Waals surface area (Å²) < 4.78 is 0. The maximum absolute atomic E-state index is 3.53. The second-order valence-electron chi connectivity index (χ2n) is 3.97. The smallest absolute Gasteiger partial charge is 0.0558 e. The molecule has 0 fully saturated rings. The maximum atomic E-state index is 3.53. The number of thioether (sulfide) groups is 1. The van der Waals surface area contributed by atoms with Gasteiger partial charge in [0.1, 0.15) is 0 Å². The Bertz CT molecular complexity index is 507. The zero-order valence-electron chi connectivity index (χ0n) is 8.66. The molecule has 0 amide bonds. The number of hydrogen-bond acceptors (Lipinski definition) is 2. The molecule has 76 valence electrons. The second-order valence-corrected chi connectivity index (χ2v) is 5.45. The van der Waals surface area contributed by atoms with E-state index in [1.807, 2.05) is 11.8 Å². The maximum Gasteiger partial charge on any atom is 0.0558 e. The lowest BCUT2D eigenvalue weighted by Gasteiger charge is -2.24. The predicted molar refractivity (Wildman–Crippen MR) is 67.8 cm³/mol. The van der Waals surface area contributed by atoms with Gasteiger partial charge in [-0.3, -0.25) is 0 Å². The highest BCUT2D eigenvalue weighted by molar-refractivity contribution is 8.00. The standard InChI is InChI=1S/C13H13NS/c1-9-8-14-13-11-5-3-2-4-10(11)6-7-12(13)15-9/h2-7,9,14H,8H2,1H3. The number of anilines is 1. The van der Waals surface area contributed by atoms with Crippen LogP contribution in [0.1, 0.15) is 6.92 Å². The van der Waals surface area contributed by atoms with Gasteiger partial charge >= 0.3 is 0 Å². The minimum Gasteiger partial charge on any atom is -0.383 e. The van der Waals surface area contributed by atoms with Gasteiger partial charge in [-0.2, -0.15) is 0 Å². The van der Waals surface area contributed by atoms with Crippen molar-refractivity contribution < 1.29 is 0 Å². The fraction of sp³-hybridized carbons (Fsp3) is 0.231. The van der Waals surface area contributed by atoms with Crippen molar-refractivity contribution in [1.82, 2.24) is 0 Å². The van der Waals surface area contributed by atoms with Crippen molar-refractivity contribution in [1.29, 1.82) is 0 Å². The van der Waals surface area contributed by atoms with Crippen molar-refractivity contribution >= 4 is 28.2 Å². The Kier molecular flexibility index (Phi) is 2.10. The Morgan fingerprint density at radius 3 is 3.00 bits per heavy atom. The summed E-state index contributed by atoms with van der Waals surface area (Å²) in [5.41, 5.74) is 1.32. The van der Waals surface area contributed by atoms with E-state index in [4.69, 9.17) is 0 Å². The zero-order chi connectivity index (χ0) is 10.3. The SMILES string of the molecule is CC1CNc2c(ccc3ccccc23)S1. The Morgan fingerprint density at radius 1 is 1.20 bits per heavy atom. The van der Waals surface area contributed by atoms with Gasteiger partial charge in [-0.15, -0.1) is 11.8 Å². The van der Waals surface area contributed by atoms with Crippen LogP contribution in [0.25, 0.3) is 10.8 Å². The number of fused-ring (bicyclic) bond motifs is 3. The topological polar surface area (TPSA) is 12.0 Å². The fourth-order valence-corrected chi connectivity index (χ4v) is 3.08. The van der Waals surface area contributed by atoms with E-state index in [0.29, 0.717) is 5.25 Å². The molecule has 0 saturated carbocycles. The molecule has 3 rings (SSSR count). The number of nitrogens with one attached hydrogen (secondary N) is 1. The third-order valence-corrected chi connectivity index (χ3v) is 3.95. The van der Waals surface area contributed by atoms with E-state index in [1.165, 1.54) is 21.4 Å². The van der Waals surface area contributed by atoms with Crippen LogP contribution in [0, 0.1) is 0 Å². The minimum atomic E-state index is 0.665. The monoisotopic (exact) mass is 215 g/mol. The molecular formula is C13H13NS. The van der Waals surface area contributed by atoms with Gasteiger partial charge in [0.05, 0.1) is 5.69 Å². The molecule has 0 aromatic heterocycles. The van der Waals surface area contributed by atoms with Crippen molar-refractivity contribution in [3.63, 3.8) is 0 Å². The first-order chi connectivity index (χ1) is 7.34. The molecule has 2 aromatic rings. The average molecular weight is 215 g/mol. The van der Waals surface area contributed by atoms with Crippen molar-refractivity contribution in [2.75, 3.05) is 11.9 Å². The number of hydrogen-bond donors (Lipinski definition) is 1. The highest BCUT2D eigenvalue weighted by atomic mass is 32.2. The lowest BCUT2D eigenvalue weighted by atomic mass is 10.1. The Labute approximate surface area is 93.9 Å². The van der Waals surface area contributed by atoms with Crippen LogP contribution in [-0.2, 0) is 0 Å². The van der Waals surface area contributed by atoms with Crippen LogP contribution in [0.3, 0.4) is 0 Å². The van der Waals surface area contributed by atoms with Gasteiger partial charge in [0, 0.05) is 22.1 Å². The predicted octanol–water partition coefficient (Wildman–Crippen LogP) is 3.75. The summed E-state index contributed by atoms with van der Waals surface area (Å²) in [4.78, 5) is 1.38. The average Bonchev–Trinajstić information content (AvgIpc) is 2.28. The molecule has 2 aromatic carbocycles. The molecule has 0 aliphatic carbocycles. The van der Waals surface area contributed by atoms with Crippen LogP contribution in [0.5, 0.6) is 0 Å². The lowest BCUT2D eigenvalue weighted by Crippen LogP contribution is -2.18. The Balaban J connectivity index is 2.25. The van der Waals surface area contributed by atoms with Crippen LogP contribution >= 0.6 is 11.8 Å². The quantitative estimate of drug-likeness (QED) is 0.718. The fourth-order valence-electron chi connectivity index (χ4n) is 2.04. The summed E-state index contributed by atoms with van der Waals surface area (Å²) in [7, 11) is 0. The van der Waals surface area contributed by atoms with Crippen LogP contribution in [0.15, 0.2) is 41.3 Å². The molecule has 1 aliphatic rings. The van der Waals surface area contributed by atoms with E-state index in [2.05, 4.69) is 48.6 Å². The third kappa shape index (κ3) is 1.49. The molecule has 1 heterocycles. The molecule has 0 radical (unpaired) electrons. The largest absolute Gasteiger partial charge is 0.383 e. The number of benzene rings is 2. The van der Waals surface area contributed by atoms with Gasteiger partial charge in [-0.1, -0.05) is 37.3 Å². The first kappa shape index (κ1) is 9.10. The first-order valence-electron chi connectivity index (χ1n) is 5.27. The Morgan fingerprint density at radius 2 is 2.07 bits per heavy atom. The minimum absolute atomic E-state index is 0.665. The van der Waals surface area contributed by atoms with Gasteiger partial charge in [-0.05, 0) is 11.5 Å². The molecule has 1 atom stereocenters. The highest BCUT2D eigenvalue weighted by Gasteiger charge is 2.16. The van der Waals surface area contributed by atoms with E-state index in [9.17, 15) is 0 Å². The van der Waals surface area contributed by atoms with Crippen LogP contribution < -0.4 is 5.32 Å². The van der Waals surface area contributed by atoms with Gasteiger partial charge in [0.25, 0.3) is 0 Å². The Hall–Kier alpha value is -1.15. The van der Waals surface area contributed by atoms with Crippen molar-refractivity contribution in [3.05, 3.63) is 36.4 Å². The van der Waals surface area contributed by atoms with Crippen molar-refractivity contribution in [3.8, 4) is 0 Å². The molecule has 1 unspecified atom stereocenters. The lowest BCUT2D eigenvalue weighted by molar-refractivity contribution is 0.978. The third-order valence-electron chi connectivity index (χ3n) is 2.79. The molecule has 0 bridgehead atoms. The summed E-state index contributed by atoms with van der Waals surface area (Å²) in [6, 6.07) is 13.0. The van der Waals surface area contributed by atoms with E-state index in [1.54, 1.807) is 0 Å². The van der Waals surface area contributed by atoms with Crippen LogP contribution in [0.2, 0.25) is 0 Å². The van der Waals surface area contributed by atoms with Crippen LogP contribution in [0.4, 0.5) is 5.69 Å². The molecule has 1 aliphatic heterocycles. The van der Waals surface area contributed by atoms with E-state index in [0.717, 1.165) is 6.54 Å². The molecule has 15 heavy (non-hydrogen) atoms. The highest BCUT2D eigenvalue weighted by Crippen LogP contribution is 2.39. The molecular weight excluding hydrogens is 202 g/mol. The summed E-state index contributed by atoms with van der Waals surface area (Å²) in [6.07, 6.45) is 0.